The van der Waals surface area contributed by atoms with Crippen LogP contribution in [-0.2, 0) is 56.5 Å². The summed E-state index contributed by atoms with van der Waals surface area (Å²) >= 11 is 6.58. The van der Waals surface area contributed by atoms with E-state index in [9.17, 15) is 18.3 Å². The first-order valence-corrected chi connectivity index (χ1v) is 18.7. The Balaban J connectivity index is 0.00000132. The lowest BCUT2D eigenvalue weighted by Gasteiger charge is -2.43. The molecule has 7 nitrogen and oxygen atoms in total. The van der Waals surface area contributed by atoms with E-state index in [0.29, 0.717) is 18.1 Å². The number of rotatable bonds is 19. The highest BCUT2D eigenvalue weighted by molar-refractivity contribution is 6.31. The van der Waals surface area contributed by atoms with Gasteiger partial charge in [0.25, 0.3) is 0 Å². The fourth-order valence-electron chi connectivity index (χ4n) is 5.70. The van der Waals surface area contributed by atoms with Crippen molar-refractivity contribution in [1.82, 2.24) is 0 Å². The lowest BCUT2D eigenvalue weighted by Crippen LogP contribution is -2.59. The van der Waals surface area contributed by atoms with E-state index in [1.54, 1.807) is 18.2 Å². The first-order valence-electron chi connectivity index (χ1n) is 18.4. The zero-order valence-electron chi connectivity index (χ0n) is 32.2. The molecule has 5 aromatic rings. The molecule has 0 aliphatic carbocycles. The number of hydrogen-bond acceptors (Lipinski definition) is 7. The van der Waals surface area contributed by atoms with Gasteiger partial charge in [0.1, 0.15) is 24.6 Å². The average Bonchev–Trinajstić information content (AvgIpc) is 3.22. The van der Waals surface area contributed by atoms with Crippen molar-refractivity contribution in [3.05, 3.63) is 178 Å². The van der Waals surface area contributed by atoms with Crippen molar-refractivity contribution in [2.45, 2.75) is 84.3 Å². The van der Waals surface area contributed by atoms with Crippen molar-refractivity contribution < 1.29 is 47.1 Å². The van der Waals surface area contributed by atoms with Gasteiger partial charge in [0.15, 0.2) is 0 Å². The highest BCUT2D eigenvalue weighted by atomic mass is 35.5. The SMILES string of the molecule is CC.CO[C@](CO)(OCc1ccc(Cl)c(Cc2ccc(F)cc2)c1)[C@@H](OCc1ccccc1)C(OCc1ccccc1)[C@H](C)OCc1ccccc1.OC(F)F. The normalized spacial score (nSPS) is 13.7. The number of halogens is 4. The average molecular weight is 797 g/mol. The first kappa shape index (κ1) is 46.3. The highest BCUT2D eigenvalue weighted by Gasteiger charge is 2.48. The number of alkyl halides is 2. The van der Waals surface area contributed by atoms with E-state index >= 15 is 0 Å². The van der Waals surface area contributed by atoms with Crippen molar-refractivity contribution in [3.8, 4) is 0 Å². The fourth-order valence-corrected chi connectivity index (χ4v) is 5.89. The molecule has 0 aliphatic rings. The Morgan fingerprint density at radius 1 is 0.643 bits per heavy atom. The summed E-state index contributed by atoms with van der Waals surface area (Å²) in [5, 5.41) is 18.4. The number of aliphatic hydroxyl groups is 2. The molecular formula is C45H52ClF3O7. The van der Waals surface area contributed by atoms with Gasteiger partial charge in [-0.05, 0) is 64.9 Å². The van der Waals surface area contributed by atoms with Crippen molar-refractivity contribution in [1.29, 1.82) is 0 Å². The second kappa shape index (κ2) is 25.2. The third kappa shape index (κ3) is 15.4. The molecule has 0 spiro atoms. The van der Waals surface area contributed by atoms with Gasteiger partial charge in [-0.25, -0.2) is 4.39 Å². The summed E-state index contributed by atoms with van der Waals surface area (Å²) < 4.78 is 65.6. The van der Waals surface area contributed by atoms with Crippen LogP contribution in [0.5, 0.6) is 0 Å². The molecular weight excluding hydrogens is 745 g/mol. The first-order chi connectivity index (χ1) is 27.1. The van der Waals surface area contributed by atoms with Crippen LogP contribution in [0.25, 0.3) is 0 Å². The second-order valence-corrected chi connectivity index (χ2v) is 12.9. The van der Waals surface area contributed by atoms with Gasteiger partial charge < -0.3 is 33.9 Å². The van der Waals surface area contributed by atoms with E-state index in [-0.39, 0.29) is 25.6 Å². The molecule has 0 heterocycles. The maximum Gasteiger partial charge on any atom is 0.342 e. The van der Waals surface area contributed by atoms with E-state index < -0.39 is 37.3 Å². The van der Waals surface area contributed by atoms with Gasteiger partial charge in [0.05, 0.1) is 32.5 Å². The largest absolute Gasteiger partial charge is 0.391 e. The molecule has 0 radical (unpaired) electrons. The van der Waals surface area contributed by atoms with Crippen molar-refractivity contribution in [2.24, 2.45) is 0 Å². The van der Waals surface area contributed by atoms with E-state index in [1.807, 2.05) is 124 Å². The van der Waals surface area contributed by atoms with Gasteiger partial charge >= 0.3 is 6.61 Å². The zero-order valence-corrected chi connectivity index (χ0v) is 33.0. The summed E-state index contributed by atoms with van der Waals surface area (Å²) in [7, 11) is 1.49. The minimum absolute atomic E-state index is 0.0673. The maximum atomic E-state index is 13.5. The Morgan fingerprint density at radius 3 is 1.59 bits per heavy atom. The van der Waals surface area contributed by atoms with E-state index in [1.165, 1.54) is 19.2 Å². The number of hydrogen-bond donors (Lipinski definition) is 2. The summed E-state index contributed by atoms with van der Waals surface area (Å²) in [6.07, 6.45) is -1.69. The lowest BCUT2D eigenvalue weighted by atomic mass is 9.99. The molecule has 5 aromatic carbocycles. The lowest BCUT2D eigenvalue weighted by molar-refractivity contribution is -0.328. The molecule has 0 aliphatic heterocycles. The molecule has 0 bridgehead atoms. The predicted octanol–water partition coefficient (Wildman–Crippen LogP) is 9.93. The molecule has 5 rings (SSSR count). The molecule has 11 heteroatoms. The summed E-state index contributed by atoms with van der Waals surface area (Å²) in [4.78, 5) is 0. The number of methoxy groups -OCH3 is 1. The zero-order chi connectivity index (χ0) is 40.8. The van der Waals surface area contributed by atoms with Gasteiger partial charge in [-0.15, -0.1) is 0 Å². The Morgan fingerprint density at radius 2 is 1.11 bits per heavy atom. The summed E-state index contributed by atoms with van der Waals surface area (Å²) in [6, 6.07) is 41.5. The van der Waals surface area contributed by atoms with E-state index in [4.69, 9.17) is 40.4 Å². The monoisotopic (exact) mass is 796 g/mol. The number of aliphatic hydroxyl groups excluding tert-OH is 2. The van der Waals surface area contributed by atoms with Crippen LogP contribution in [0, 0.1) is 5.82 Å². The minimum atomic E-state index is -3.17. The van der Waals surface area contributed by atoms with Crippen LogP contribution in [-0.4, -0.2) is 54.6 Å². The van der Waals surface area contributed by atoms with Crippen molar-refractivity contribution >= 4 is 11.6 Å². The smallest absolute Gasteiger partial charge is 0.342 e. The molecule has 302 valence electrons. The van der Waals surface area contributed by atoms with Crippen LogP contribution < -0.4 is 0 Å². The maximum absolute atomic E-state index is 13.5. The van der Waals surface area contributed by atoms with Gasteiger partial charge in [-0.2, -0.15) is 8.78 Å². The van der Waals surface area contributed by atoms with E-state index in [0.717, 1.165) is 33.4 Å². The van der Waals surface area contributed by atoms with Gasteiger partial charge in [-0.1, -0.05) is 141 Å². The fraction of sp³-hybridized carbons (Fsp3) is 0.333. The molecule has 56 heavy (non-hydrogen) atoms. The molecule has 0 saturated carbocycles. The van der Waals surface area contributed by atoms with Crippen molar-refractivity contribution in [3.63, 3.8) is 0 Å². The molecule has 0 saturated heterocycles. The number of ether oxygens (including phenoxy) is 5. The third-order valence-corrected chi connectivity index (χ3v) is 8.94. The van der Waals surface area contributed by atoms with Crippen LogP contribution >= 0.6 is 11.6 Å². The van der Waals surface area contributed by atoms with Gasteiger partial charge in [-0.3, -0.25) is 0 Å². The van der Waals surface area contributed by atoms with E-state index in [2.05, 4.69) is 0 Å². The summed E-state index contributed by atoms with van der Waals surface area (Å²) in [6.45, 7) is 3.12. The standard InChI is InChI=1S/C42H44ClFO6.C2H6.CH2F2O/c1-31(47-26-33-12-6-3-7-13-33)40(48-27-34-14-8-4-9-15-34)41(49-28-35-16-10-5-11-17-35)42(30-45,46-2)50-29-36-20-23-39(43)37(25-36)24-32-18-21-38(44)22-19-32;1-2;2-1(3)4/h3-23,25,31,40-41,45H,24,26-30H2,1-2H3;1-2H3;1,4H/t31-,40?,41-,42+;;/m0../s1. The van der Waals surface area contributed by atoms with Crippen LogP contribution in [0.1, 0.15) is 54.2 Å². The summed E-state index contributed by atoms with van der Waals surface area (Å²) in [5.74, 6) is -1.95. The minimum Gasteiger partial charge on any atom is -0.391 e. The topological polar surface area (TPSA) is 86.6 Å². The Bertz CT molecular complexity index is 1760. The molecule has 0 amide bonds. The Hall–Kier alpha value is -4.10. The molecule has 2 N–H and O–H groups in total. The Labute approximate surface area is 333 Å². The van der Waals surface area contributed by atoms with Crippen molar-refractivity contribution in [2.75, 3.05) is 13.7 Å². The van der Waals surface area contributed by atoms with Gasteiger partial charge in [0.2, 0.25) is 5.79 Å². The molecule has 0 fully saturated rings. The van der Waals surface area contributed by atoms with Crippen LogP contribution in [0.4, 0.5) is 13.2 Å². The molecule has 1 unspecified atom stereocenters. The Kier molecular flexibility index (Phi) is 20.8. The van der Waals surface area contributed by atoms with Crippen LogP contribution in [0.3, 0.4) is 0 Å². The number of benzene rings is 5. The quantitative estimate of drug-likeness (QED) is 0.0805. The molecule has 0 aromatic heterocycles. The predicted molar refractivity (Wildman–Crippen MR) is 213 cm³/mol. The van der Waals surface area contributed by atoms with Gasteiger partial charge in [0, 0.05) is 12.1 Å². The second-order valence-electron chi connectivity index (χ2n) is 12.4. The summed E-state index contributed by atoms with van der Waals surface area (Å²) in [5.41, 5.74) is 5.50. The molecule has 4 atom stereocenters. The van der Waals surface area contributed by atoms with Crippen LogP contribution in [0.2, 0.25) is 5.02 Å². The van der Waals surface area contributed by atoms with Crippen LogP contribution in [0.15, 0.2) is 133 Å². The third-order valence-electron chi connectivity index (χ3n) is 8.57. The highest BCUT2D eigenvalue weighted by Crippen LogP contribution is 2.31.